The van der Waals surface area contributed by atoms with Crippen LogP contribution in [0.25, 0.3) is 0 Å². The summed E-state index contributed by atoms with van der Waals surface area (Å²) in [7, 11) is 0. The highest BCUT2D eigenvalue weighted by Crippen LogP contribution is 2.16. The Kier molecular flexibility index (Phi) is 12.0. The Morgan fingerprint density at radius 2 is 2.26 bits per heavy atom. The van der Waals surface area contributed by atoms with E-state index in [0.717, 1.165) is 45.0 Å². The standard InChI is InChI=1S/C20H34N4OS.HI/c1-4-21-20(23-14-17(3)13-18-8-6-12-26-18)22-10-9-19(25)24-11-5-7-16(2)15-24;/h6,8,12,16-17H,4-5,7,9-11,13-15H2,1-3H3,(H2,21,22,23);1H. The van der Waals surface area contributed by atoms with Crippen molar-refractivity contribution in [2.75, 3.05) is 32.7 Å². The number of aliphatic imine (C=N–C) groups is 1. The molecule has 0 spiro atoms. The molecule has 0 aromatic carbocycles. The number of hydrogen-bond donors (Lipinski definition) is 2. The van der Waals surface area contributed by atoms with Crippen molar-refractivity contribution < 1.29 is 4.79 Å². The average Bonchev–Trinajstić information content (AvgIpc) is 3.12. The Labute approximate surface area is 185 Å². The third-order valence-electron chi connectivity index (χ3n) is 4.68. The number of piperidine rings is 1. The molecule has 2 heterocycles. The molecule has 0 saturated carbocycles. The Bertz CT molecular complexity index is 564. The van der Waals surface area contributed by atoms with Gasteiger partial charge in [0.2, 0.25) is 5.91 Å². The smallest absolute Gasteiger partial charge is 0.224 e. The first-order chi connectivity index (χ1) is 12.6. The first-order valence-corrected chi connectivity index (χ1v) is 10.8. The van der Waals surface area contributed by atoms with Crippen molar-refractivity contribution >= 4 is 47.2 Å². The highest BCUT2D eigenvalue weighted by Gasteiger charge is 2.20. The first kappa shape index (κ1) is 24.2. The molecule has 0 radical (unpaired) electrons. The van der Waals surface area contributed by atoms with Crippen molar-refractivity contribution in [3.8, 4) is 0 Å². The number of amides is 1. The lowest BCUT2D eigenvalue weighted by atomic mass is 10.00. The van der Waals surface area contributed by atoms with E-state index in [1.54, 1.807) is 11.3 Å². The van der Waals surface area contributed by atoms with Crippen molar-refractivity contribution in [2.24, 2.45) is 16.8 Å². The van der Waals surface area contributed by atoms with Gasteiger partial charge in [-0.25, -0.2) is 0 Å². The monoisotopic (exact) mass is 506 g/mol. The minimum Gasteiger partial charge on any atom is -0.357 e. The van der Waals surface area contributed by atoms with Crippen LogP contribution in [0.3, 0.4) is 0 Å². The van der Waals surface area contributed by atoms with Gasteiger partial charge in [0, 0.05) is 44.0 Å². The number of rotatable bonds is 8. The number of nitrogens with zero attached hydrogens (tertiary/aromatic N) is 2. The summed E-state index contributed by atoms with van der Waals surface area (Å²) in [5.41, 5.74) is 0. The molecular formula is C20H35IN4OS. The van der Waals surface area contributed by atoms with Crippen molar-refractivity contribution in [1.29, 1.82) is 0 Å². The summed E-state index contributed by atoms with van der Waals surface area (Å²) in [6.07, 6.45) is 3.96. The summed E-state index contributed by atoms with van der Waals surface area (Å²) < 4.78 is 0. The quantitative estimate of drug-likeness (QED) is 0.321. The van der Waals surface area contributed by atoms with Gasteiger partial charge in [0.1, 0.15) is 0 Å². The molecule has 1 aliphatic rings. The molecule has 2 N–H and O–H groups in total. The second kappa shape index (κ2) is 13.4. The third-order valence-corrected chi connectivity index (χ3v) is 5.57. The van der Waals surface area contributed by atoms with Gasteiger partial charge in [-0.2, -0.15) is 0 Å². The topological polar surface area (TPSA) is 56.7 Å². The summed E-state index contributed by atoms with van der Waals surface area (Å²) in [5, 5.41) is 8.71. The van der Waals surface area contributed by atoms with Gasteiger partial charge in [-0.15, -0.1) is 35.3 Å². The van der Waals surface area contributed by atoms with Crippen LogP contribution in [-0.4, -0.2) is 49.5 Å². The molecule has 1 aromatic rings. The fourth-order valence-corrected chi connectivity index (χ4v) is 4.16. The Morgan fingerprint density at radius 1 is 1.44 bits per heavy atom. The van der Waals surface area contributed by atoms with Crippen LogP contribution in [0.15, 0.2) is 22.5 Å². The summed E-state index contributed by atoms with van der Waals surface area (Å²) in [4.78, 5) is 20.5. The molecular weight excluding hydrogens is 471 g/mol. The maximum Gasteiger partial charge on any atom is 0.224 e. The van der Waals surface area contributed by atoms with Crippen molar-refractivity contribution in [3.05, 3.63) is 22.4 Å². The minimum atomic E-state index is 0. The van der Waals surface area contributed by atoms with Crippen LogP contribution in [0.1, 0.15) is 44.9 Å². The molecule has 1 aromatic heterocycles. The summed E-state index contributed by atoms with van der Waals surface area (Å²) >= 11 is 1.80. The van der Waals surface area contributed by atoms with E-state index in [1.165, 1.54) is 11.3 Å². The fourth-order valence-electron chi connectivity index (χ4n) is 3.29. The second-order valence-corrected chi connectivity index (χ2v) is 8.40. The molecule has 2 rings (SSSR count). The average molecular weight is 506 g/mol. The summed E-state index contributed by atoms with van der Waals surface area (Å²) in [6.45, 7) is 10.6. The van der Waals surface area contributed by atoms with Gasteiger partial charge >= 0.3 is 0 Å². The maximum atomic E-state index is 12.4. The lowest BCUT2D eigenvalue weighted by molar-refractivity contribution is -0.132. The van der Waals surface area contributed by atoms with Crippen LogP contribution < -0.4 is 10.6 Å². The molecule has 1 fully saturated rings. The zero-order valence-corrected chi connectivity index (χ0v) is 20.0. The molecule has 1 saturated heterocycles. The molecule has 1 aliphatic heterocycles. The van der Waals surface area contributed by atoms with E-state index in [9.17, 15) is 4.79 Å². The molecule has 0 bridgehead atoms. The van der Waals surface area contributed by atoms with Crippen LogP contribution >= 0.6 is 35.3 Å². The van der Waals surface area contributed by atoms with Gasteiger partial charge in [0.05, 0.1) is 0 Å². The Balaban J connectivity index is 0.00000364. The van der Waals surface area contributed by atoms with E-state index in [-0.39, 0.29) is 29.9 Å². The lowest BCUT2D eigenvalue weighted by Crippen LogP contribution is -2.42. The van der Waals surface area contributed by atoms with Gasteiger partial charge in [-0.3, -0.25) is 9.79 Å². The molecule has 5 nitrogen and oxygen atoms in total. The zero-order chi connectivity index (χ0) is 18.8. The van der Waals surface area contributed by atoms with Crippen molar-refractivity contribution in [2.45, 2.75) is 46.5 Å². The summed E-state index contributed by atoms with van der Waals surface area (Å²) in [6, 6.07) is 4.28. The molecule has 2 unspecified atom stereocenters. The van der Waals surface area contributed by atoms with Crippen LogP contribution in [-0.2, 0) is 11.2 Å². The predicted molar refractivity (Wildman–Crippen MR) is 126 cm³/mol. The molecule has 2 atom stereocenters. The van der Waals surface area contributed by atoms with Gasteiger partial charge in [-0.1, -0.05) is 19.9 Å². The van der Waals surface area contributed by atoms with E-state index in [4.69, 9.17) is 0 Å². The van der Waals surface area contributed by atoms with E-state index in [2.05, 4.69) is 53.9 Å². The van der Waals surface area contributed by atoms with Crippen LogP contribution in [0.5, 0.6) is 0 Å². The minimum absolute atomic E-state index is 0. The Hall–Kier alpha value is -0.830. The zero-order valence-electron chi connectivity index (χ0n) is 16.9. The number of guanidine groups is 1. The van der Waals surface area contributed by atoms with E-state index >= 15 is 0 Å². The second-order valence-electron chi connectivity index (χ2n) is 7.37. The number of hydrogen-bond acceptors (Lipinski definition) is 3. The Morgan fingerprint density at radius 3 is 2.93 bits per heavy atom. The lowest BCUT2D eigenvalue weighted by Gasteiger charge is -2.31. The van der Waals surface area contributed by atoms with E-state index in [0.29, 0.717) is 24.8 Å². The van der Waals surface area contributed by atoms with Crippen LogP contribution in [0.4, 0.5) is 0 Å². The molecule has 1 amide bonds. The highest BCUT2D eigenvalue weighted by atomic mass is 127. The number of nitrogens with one attached hydrogen (secondary N) is 2. The number of halogens is 1. The molecule has 0 aliphatic carbocycles. The SMILES string of the molecule is CCNC(=NCC(C)Cc1cccs1)NCCC(=O)N1CCCC(C)C1.I. The fraction of sp³-hybridized carbons (Fsp3) is 0.700. The van der Waals surface area contributed by atoms with Crippen LogP contribution in [0, 0.1) is 11.8 Å². The largest absolute Gasteiger partial charge is 0.357 e. The van der Waals surface area contributed by atoms with Gasteiger partial charge in [0.15, 0.2) is 5.96 Å². The highest BCUT2D eigenvalue weighted by molar-refractivity contribution is 14.0. The van der Waals surface area contributed by atoms with Crippen molar-refractivity contribution in [3.63, 3.8) is 0 Å². The number of likely N-dealkylation sites (tertiary alicyclic amines) is 1. The number of thiophene rings is 1. The predicted octanol–water partition coefficient (Wildman–Crippen LogP) is 3.75. The first-order valence-electron chi connectivity index (χ1n) is 9.90. The number of carbonyl (C=O) groups excluding carboxylic acids is 1. The van der Waals surface area contributed by atoms with Gasteiger partial charge in [0.25, 0.3) is 0 Å². The molecule has 7 heteroatoms. The van der Waals surface area contributed by atoms with Gasteiger partial charge < -0.3 is 15.5 Å². The molecule has 154 valence electrons. The van der Waals surface area contributed by atoms with E-state index in [1.807, 2.05) is 4.90 Å². The summed E-state index contributed by atoms with van der Waals surface area (Å²) in [5.74, 6) is 2.20. The van der Waals surface area contributed by atoms with E-state index < -0.39 is 0 Å². The molecule has 27 heavy (non-hydrogen) atoms. The third kappa shape index (κ3) is 9.27. The van der Waals surface area contributed by atoms with Crippen molar-refractivity contribution in [1.82, 2.24) is 15.5 Å². The normalized spacial score (nSPS) is 18.6. The van der Waals surface area contributed by atoms with Crippen LogP contribution in [0.2, 0.25) is 0 Å². The number of carbonyl (C=O) groups is 1. The van der Waals surface area contributed by atoms with Gasteiger partial charge in [-0.05, 0) is 49.5 Å². The maximum absolute atomic E-state index is 12.4.